The molecule has 100 heavy (non-hydrogen) atoms. The summed E-state index contributed by atoms with van der Waals surface area (Å²) >= 11 is 37.0. The molecule has 0 saturated carbocycles. The van der Waals surface area contributed by atoms with E-state index in [1.54, 1.807) is 0 Å². The van der Waals surface area contributed by atoms with E-state index in [1.807, 2.05) is 152 Å². The van der Waals surface area contributed by atoms with Gasteiger partial charge in [-0.15, -0.1) is 0 Å². The number of unbranched alkanes of at least 4 members (excludes halogenated alkanes) is 12. The van der Waals surface area contributed by atoms with Gasteiger partial charge < -0.3 is 42.5 Å². The number of aromatic nitrogens is 15. The third-order valence-electron chi connectivity index (χ3n) is 15.5. The molecular weight excluding hydrogens is 1390 g/mol. The number of rotatable bonds is 41. The van der Waals surface area contributed by atoms with Crippen LogP contribution in [0.1, 0.15) is 114 Å². The van der Waals surface area contributed by atoms with Crippen molar-refractivity contribution in [2.45, 2.75) is 110 Å². The van der Waals surface area contributed by atoms with Crippen LogP contribution in [0.15, 0.2) is 152 Å². The Labute approximate surface area is 613 Å². The molecule has 0 aliphatic carbocycles. The van der Waals surface area contributed by atoms with Gasteiger partial charge >= 0.3 is 0 Å². The van der Waals surface area contributed by atoms with Crippen molar-refractivity contribution < 1.29 is 0 Å². The van der Waals surface area contributed by atoms with Gasteiger partial charge in [-0.05, 0) is 51.4 Å². The van der Waals surface area contributed by atoms with E-state index < -0.39 is 7.59 Å². The normalized spacial score (nSPS) is 11.5. The SMILES string of the molecule is ClC(Cl)(Cl)c1nc(NCCCCCCNc2nc(NCCCCCCNc3nc(NCCCCCCNc4nc(NCCCCCCNc5nc(-c6ccccc6)nc(C(Cl)(Cl)Cl)n5)nc(-c5ccccc5)n4)nc(-c4ccccc4)n3)nc(-c3ccccc3)n2)nc(-c2ccccc2)n1. The van der Waals surface area contributed by atoms with Crippen LogP contribution in [0.4, 0.5) is 47.6 Å². The van der Waals surface area contributed by atoms with Gasteiger partial charge in [-0.1, -0.05) is 273 Å². The van der Waals surface area contributed by atoms with Gasteiger partial charge in [-0.3, -0.25) is 0 Å². The van der Waals surface area contributed by atoms with Crippen molar-refractivity contribution in [2.24, 2.45) is 0 Å². The lowest BCUT2D eigenvalue weighted by molar-refractivity contribution is 0.664. The first-order valence-corrected chi connectivity index (χ1v) is 36.2. The third-order valence-corrected chi connectivity index (χ3v) is 16.5. The minimum atomic E-state index is -1.79. The Morgan fingerprint density at radius 1 is 0.190 bits per heavy atom. The van der Waals surface area contributed by atoms with E-state index in [0.29, 0.717) is 103 Å². The lowest BCUT2D eigenvalue weighted by Crippen LogP contribution is -2.14. The predicted octanol–water partition coefficient (Wildman–Crippen LogP) is 16.9. The van der Waals surface area contributed by atoms with Crippen LogP contribution in [0.5, 0.6) is 0 Å². The van der Waals surface area contributed by atoms with Crippen molar-refractivity contribution in [3.63, 3.8) is 0 Å². The van der Waals surface area contributed by atoms with Crippen molar-refractivity contribution in [3.05, 3.63) is 163 Å². The maximum absolute atomic E-state index is 6.17. The van der Waals surface area contributed by atoms with Crippen molar-refractivity contribution in [1.82, 2.24) is 74.8 Å². The molecule has 5 aromatic heterocycles. The molecule has 0 saturated heterocycles. The maximum atomic E-state index is 6.17. The molecule has 0 radical (unpaired) electrons. The second kappa shape index (κ2) is 39.3. The average molecular weight is 1470 g/mol. The Balaban J connectivity index is 0.607. The van der Waals surface area contributed by atoms with Gasteiger partial charge in [-0.2, -0.15) is 64.8 Å². The molecule has 522 valence electrons. The zero-order chi connectivity index (χ0) is 69.5. The molecule has 0 aliphatic heterocycles. The van der Waals surface area contributed by atoms with E-state index in [0.717, 1.165) is 157 Å². The quantitative estimate of drug-likeness (QED) is 0.0130. The van der Waals surface area contributed by atoms with Crippen molar-refractivity contribution in [1.29, 1.82) is 0 Å². The van der Waals surface area contributed by atoms with Gasteiger partial charge in [0.05, 0.1) is 0 Å². The molecule has 5 heterocycles. The molecule has 8 N–H and O–H groups in total. The molecule has 0 bridgehead atoms. The van der Waals surface area contributed by atoms with Crippen LogP contribution < -0.4 is 42.5 Å². The number of hydrogen-bond donors (Lipinski definition) is 8. The Morgan fingerprint density at radius 2 is 0.350 bits per heavy atom. The number of halogens is 6. The summed E-state index contributed by atoms with van der Waals surface area (Å²) in [6.45, 7) is 5.59. The maximum Gasteiger partial charge on any atom is 0.250 e. The number of nitrogens with zero attached hydrogens (tertiary/aromatic N) is 15. The van der Waals surface area contributed by atoms with E-state index in [9.17, 15) is 0 Å². The van der Waals surface area contributed by atoms with Crippen LogP contribution in [0.2, 0.25) is 0 Å². The molecule has 0 aliphatic rings. The lowest BCUT2D eigenvalue weighted by Gasteiger charge is -2.13. The van der Waals surface area contributed by atoms with Gasteiger partial charge in [0.2, 0.25) is 55.2 Å². The highest BCUT2D eigenvalue weighted by Crippen LogP contribution is 2.38. The molecule has 0 unspecified atom stereocenters. The Bertz CT molecular complexity index is 3820. The summed E-state index contributed by atoms with van der Waals surface area (Å²) in [5.41, 5.74) is 4.36. The van der Waals surface area contributed by atoms with Crippen LogP contribution >= 0.6 is 69.6 Å². The molecule has 23 nitrogen and oxygen atoms in total. The zero-order valence-corrected chi connectivity index (χ0v) is 59.9. The number of anilines is 8. The van der Waals surface area contributed by atoms with E-state index in [4.69, 9.17) is 114 Å². The second-order valence-electron chi connectivity index (χ2n) is 23.4. The highest BCUT2D eigenvalue weighted by Gasteiger charge is 2.30. The largest absolute Gasteiger partial charge is 0.354 e. The van der Waals surface area contributed by atoms with Gasteiger partial charge in [-0.25, -0.2) is 9.97 Å². The molecule has 0 fully saturated rings. The number of alkyl halides is 6. The topological polar surface area (TPSA) is 290 Å². The number of nitrogens with one attached hydrogen (secondary N) is 8. The molecule has 5 aromatic carbocycles. The molecule has 0 amide bonds. The minimum absolute atomic E-state index is 0.0663. The number of hydrogen-bond acceptors (Lipinski definition) is 23. The smallest absolute Gasteiger partial charge is 0.250 e. The van der Waals surface area contributed by atoms with Gasteiger partial charge in [0.25, 0.3) is 0 Å². The molecule has 29 heteroatoms. The minimum Gasteiger partial charge on any atom is -0.354 e. The van der Waals surface area contributed by atoms with E-state index in [2.05, 4.69) is 72.4 Å². The van der Waals surface area contributed by atoms with Crippen LogP contribution in [0.25, 0.3) is 56.9 Å². The summed E-state index contributed by atoms with van der Waals surface area (Å²) in [6, 6.07) is 48.9. The fourth-order valence-corrected chi connectivity index (χ4v) is 10.9. The zero-order valence-electron chi connectivity index (χ0n) is 55.4. The number of benzene rings is 5. The fraction of sp³-hybridized carbons (Fsp3) is 0.366. The van der Waals surface area contributed by atoms with Crippen molar-refractivity contribution >= 4 is 117 Å². The fourth-order valence-electron chi connectivity index (χ4n) is 10.4. The standard InChI is InChI=1S/C71H81Cl6N23/c72-70(73,74)60-86-55(50-32-14-9-15-33-50)88-62(96-60)78-42-24-1-3-26-44-80-64-90-57(52-36-18-11-19-37-52)92-66(98-64)82-46-28-5-7-30-48-84-68-94-59(54-40-22-13-23-41-54)95-69(100-68)85-49-31-8-6-29-47-83-67-93-58(53-38-20-12-21-39-53)91-65(99-67)81-45-27-4-2-25-43-79-63-89-56(51-34-16-10-17-35-51)87-61(97-63)71(75,76)77/h9-23,32-41H,1-8,24-31,42-49H2,(H,78,86,88,96)(H,79,87,89,97)(H2,80,82,90,92,98)(H2,81,83,91,93,99)(H2,84,85,94,95,100). The molecule has 10 aromatic rings. The van der Waals surface area contributed by atoms with Gasteiger partial charge in [0.15, 0.2) is 40.8 Å². The van der Waals surface area contributed by atoms with E-state index >= 15 is 0 Å². The van der Waals surface area contributed by atoms with Crippen molar-refractivity contribution in [2.75, 3.05) is 94.9 Å². The Kier molecular flexibility index (Phi) is 29.1. The first-order valence-electron chi connectivity index (χ1n) is 34.0. The third kappa shape index (κ3) is 24.9. The predicted molar refractivity (Wildman–Crippen MR) is 407 cm³/mol. The van der Waals surface area contributed by atoms with Gasteiger partial charge in [0, 0.05) is 80.2 Å². The summed E-state index contributed by atoms with van der Waals surface area (Å²) < 4.78 is -3.57. The summed E-state index contributed by atoms with van der Waals surface area (Å²) in [4.78, 5) is 69.6. The highest BCUT2D eigenvalue weighted by atomic mass is 35.6. The Morgan fingerprint density at radius 3 is 0.520 bits per heavy atom. The van der Waals surface area contributed by atoms with Crippen LogP contribution in [0, 0.1) is 0 Å². The summed E-state index contributed by atoms with van der Waals surface area (Å²) in [5, 5.41) is 27.3. The lowest BCUT2D eigenvalue weighted by atomic mass is 10.2. The van der Waals surface area contributed by atoms with Gasteiger partial charge in [0.1, 0.15) is 0 Å². The molecule has 0 spiro atoms. The van der Waals surface area contributed by atoms with Crippen LogP contribution in [0.3, 0.4) is 0 Å². The summed E-state index contributed by atoms with van der Waals surface area (Å²) in [7, 11) is 0. The first kappa shape index (κ1) is 74.0. The highest BCUT2D eigenvalue weighted by molar-refractivity contribution is 6.67. The monoisotopic (exact) mass is 1470 g/mol. The molecular formula is C71H81Cl6N23. The Hall–Kier alpha value is -8.71. The first-order chi connectivity index (χ1) is 48.8. The average Bonchev–Trinajstić information content (AvgIpc) is 0.872. The van der Waals surface area contributed by atoms with Crippen LogP contribution in [-0.4, -0.2) is 127 Å². The second-order valence-corrected chi connectivity index (χ2v) is 28.0. The summed E-state index contributed by atoms with van der Waals surface area (Å²) in [5.74, 6) is 6.78. The van der Waals surface area contributed by atoms with Crippen LogP contribution in [-0.2, 0) is 7.59 Å². The summed E-state index contributed by atoms with van der Waals surface area (Å²) in [6.07, 6.45) is 15.4. The van der Waals surface area contributed by atoms with E-state index in [-0.39, 0.29) is 11.6 Å². The molecule has 0 atom stereocenters. The van der Waals surface area contributed by atoms with E-state index in [1.165, 1.54) is 0 Å². The molecule has 10 rings (SSSR count). The van der Waals surface area contributed by atoms with Crippen molar-refractivity contribution in [3.8, 4) is 56.9 Å².